The lowest BCUT2D eigenvalue weighted by atomic mass is 9.60. The Kier molecular flexibility index (Phi) is 3.57. The maximum atomic E-state index is 2.44. The molecule has 5 aromatic rings. The minimum Gasteiger partial charge on any atom is -0.0654 e. The third-order valence-corrected chi connectivity index (χ3v) is 8.80. The van der Waals surface area contributed by atoms with Crippen molar-refractivity contribution in [3.63, 3.8) is 0 Å². The first-order valence-electron chi connectivity index (χ1n) is 12.7. The van der Waals surface area contributed by atoms with Crippen molar-refractivity contribution in [2.75, 3.05) is 0 Å². The molecule has 0 aromatic heterocycles. The molecule has 0 radical (unpaired) electrons. The normalized spacial score (nSPS) is 20.1. The smallest absolute Gasteiger partial charge is 0.0470 e. The highest BCUT2D eigenvalue weighted by Gasteiger charge is 2.54. The highest BCUT2D eigenvalue weighted by molar-refractivity contribution is 6.13. The summed E-state index contributed by atoms with van der Waals surface area (Å²) in [5.74, 6) is 0.324. The zero-order valence-corrected chi connectivity index (χ0v) is 19.4. The number of hydrogen-bond donors (Lipinski definition) is 0. The molecule has 3 aliphatic rings. The molecule has 0 saturated heterocycles. The van der Waals surface area contributed by atoms with Crippen molar-refractivity contribution in [1.29, 1.82) is 0 Å². The number of benzene rings is 5. The van der Waals surface area contributed by atoms with Gasteiger partial charge in [-0.05, 0) is 72.8 Å². The van der Waals surface area contributed by atoms with Crippen LogP contribution in [-0.2, 0) is 5.41 Å². The fourth-order valence-corrected chi connectivity index (χ4v) is 7.68. The van der Waals surface area contributed by atoms with Gasteiger partial charge in [0.25, 0.3) is 0 Å². The summed E-state index contributed by atoms with van der Waals surface area (Å²) < 4.78 is 0. The molecule has 0 heterocycles. The second-order valence-electron chi connectivity index (χ2n) is 10.2. The molecule has 0 N–H and O–H groups in total. The minimum atomic E-state index is -0.0643. The van der Waals surface area contributed by atoms with Crippen molar-refractivity contribution in [3.8, 4) is 22.3 Å². The van der Waals surface area contributed by atoms with Gasteiger partial charge in [0.15, 0.2) is 0 Å². The highest BCUT2D eigenvalue weighted by atomic mass is 14.6. The first kappa shape index (κ1) is 18.7. The van der Waals surface area contributed by atoms with E-state index in [0.29, 0.717) is 5.92 Å². The Labute approximate surface area is 200 Å². The number of hydrogen-bond acceptors (Lipinski definition) is 0. The molecule has 0 fully saturated rings. The molecule has 34 heavy (non-hydrogen) atoms. The fraction of sp³-hybridized carbons (Fsp3) is 0.176. The molecule has 0 bridgehead atoms. The average molecular weight is 435 g/mol. The molecule has 2 atom stereocenters. The van der Waals surface area contributed by atoms with Crippen LogP contribution in [-0.4, -0.2) is 0 Å². The second kappa shape index (κ2) is 6.48. The van der Waals surface area contributed by atoms with E-state index in [-0.39, 0.29) is 5.41 Å². The topological polar surface area (TPSA) is 0 Å². The molecular weight excluding hydrogens is 408 g/mol. The van der Waals surface area contributed by atoms with Gasteiger partial charge in [0.2, 0.25) is 0 Å². The monoisotopic (exact) mass is 434 g/mol. The summed E-state index contributed by atoms with van der Waals surface area (Å²) in [6.45, 7) is 2.33. The number of unbranched alkanes of at least 4 members (excludes halogenated alkanes) is 1. The lowest BCUT2D eigenvalue weighted by Crippen LogP contribution is -2.34. The summed E-state index contributed by atoms with van der Waals surface area (Å²) in [6.07, 6.45) is 3.60. The molecule has 0 spiro atoms. The van der Waals surface area contributed by atoms with E-state index in [2.05, 4.69) is 104 Å². The predicted molar refractivity (Wildman–Crippen MR) is 142 cm³/mol. The van der Waals surface area contributed by atoms with Crippen LogP contribution in [0.4, 0.5) is 0 Å². The van der Waals surface area contributed by atoms with Crippen LogP contribution in [0, 0.1) is 0 Å². The van der Waals surface area contributed by atoms with Gasteiger partial charge in [0, 0.05) is 11.3 Å². The molecule has 0 heteroatoms. The molecule has 0 amide bonds. The van der Waals surface area contributed by atoms with Gasteiger partial charge in [-0.25, -0.2) is 0 Å². The summed E-state index contributed by atoms with van der Waals surface area (Å²) in [7, 11) is 0. The Morgan fingerprint density at radius 2 is 1.24 bits per heavy atom. The number of fused-ring (bicyclic) bond motifs is 12. The molecule has 162 valence electrons. The molecule has 0 saturated carbocycles. The zero-order chi connectivity index (χ0) is 22.4. The van der Waals surface area contributed by atoms with Crippen LogP contribution in [0.1, 0.15) is 65.5 Å². The Morgan fingerprint density at radius 3 is 2.03 bits per heavy atom. The molecule has 5 aromatic carbocycles. The van der Waals surface area contributed by atoms with Gasteiger partial charge >= 0.3 is 0 Å². The lowest BCUT2D eigenvalue weighted by molar-refractivity contribution is 0.519. The Hall–Kier alpha value is -3.64. The molecule has 0 unspecified atom stereocenters. The van der Waals surface area contributed by atoms with E-state index in [1.807, 2.05) is 0 Å². The average Bonchev–Trinajstić information content (AvgIpc) is 3.40. The minimum absolute atomic E-state index is 0.0643. The van der Waals surface area contributed by atoms with E-state index in [1.54, 1.807) is 11.1 Å². The summed E-state index contributed by atoms with van der Waals surface area (Å²) in [6, 6.07) is 37.0. The van der Waals surface area contributed by atoms with Crippen molar-refractivity contribution in [2.45, 2.75) is 37.5 Å². The van der Waals surface area contributed by atoms with Crippen molar-refractivity contribution in [2.24, 2.45) is 0 Å². The SMILES string of the molecule is CCCC[C@@]12c3ccccc3-c3c1c1c(c4ccccc34)-c3ccccc3[C@@H]1c1ccccc12. The maximum Gasteiger partial charge on any atom is 0.0470 e. The first-order chi connectivity index (χ1) is 16.9. The van der Waals surface area contributed by atoms with Crippen molar-refractivity contribution in [1.82, 2.24) is 0 Å². The second-order valence-corrected chi connectivity index (χ2v) is 10.2. The number of rotatable bonds is 3. The Balaban J connectivity index is 1.67. The van der Waals surface area contributed by atoms with Crippen LogP contribution in [0.15, 0.2) is 97.1 Å². The van der Waals surface area contributed by atoms with E-state index < -0.39 is 0 Å². The summed E-state index contributed by atoms with van der Waals surface area (Å²) >= 11 is 0. The van der Waals surface area contributed by atoms with Crippen LogP contribution < -0.4 is 0 Å². The fourth-order valence-electron chi connectivity index (χ4n) is 7.68. The van der Waals surface area contributed by atoms with Crippen LogP contribution >= 0.6 is 0 Å². The van der Waals surface area contributed by atoms with Gasteiger partial charge in [-0.3, -0.25) is 0 Å². The Bertz CT molecular complexity index is 1650. The van der Waals surface area contributed by atoms with Gasteiger partial charge in [-0.1, -0.05) is 117 Å². The van der Waals surface area contributed by atoms with Gasteiger partial charge in [0.05, 0.1) is 0 Å². The third kappa shape index (κ3) is 1.99. The van der Waals surface area contributed by atoms with E-state index in [1.165, 1.54) is 74.5 Å². The van der Waals surface area contributed by atoms with Crippen LogP contribution in [0.2, 0.25) is 0 Å². The van der Waals surface area contributed by atoms with Crippen molar-refractivity contribution < 1.29 is 0 Å². The van der Waals surface area contributed by atoms with E-state index in [4.69, 9.17) is 0 Å². The molecule has 0 nitrogen and oxygen atoms in total. The van der Waals surface area contributed by atoms with Crippen molar-refractivity contribution >= 4 is 10.8 Å². The van der Waals surface area contributed by atoms with Crippen LogP contribution in [0.5, 0.6) is 0 Å². The predicted octanol–water partition coefficient (Wildman–Crippen LogP) is 8.82. The lowest BCUT2D eigenvalue weighted by Gasteiger charge is -2.42. The molecular formula is C34H26. The summed E-state index contributed by atoms with van der Waals surface area (Å²) in [4.78, 5) is 0. The van der Waals surface area contributed by atoms with E-state index in [9.17, 15) is 0 Å². The highest BCUT2D eigenvalue weighted by Crippen LogP contribution is 2.67. The van der Waals surface area contributed by atoms with E-state index >= 15 is 0 Å². The van der Waals surface area contributed by atoms with Crippen molar-refractivity contribution in [3.05, 3.63) is 130 Å². The van der Waals surface area contributed by atoms with Gasteiger partial charge in [-0.2, -0.15) is 0 Å². The van der Waals surface area contributed by atoms with Crippen LogP contribution in [0.25, 0.3) is 33.0 Å². The molecule has 0 aliphatic heterocycles. The first-order valence-corrected chi connectivity index (χ1v) is 12.7. The maximum absolute atomic E-state index is 2.44. The summed E-state index contributed by atoms with van der Waals surface area (Å²) in [5, 5.41) is 2.82. The van der Waals surface area contributed by atoms with Gasteiger partial charge in [0.1, 0.15) is 0 Å². The zero-order valence-electron chi connectivity index (χ0n) is 19.4. The van der Waals surface area contributed by atoms with Gasteiger partial charge in [-0.15, -0.1) is 0 Å². The third-order valence-electron chi connectivity index (χ3n) is 8.80. The largest absolute Gasteiger partial charge is 0.0654 e. The van der Waals surface area contributed by atoms with E-state index in [0.717, 1.165) is 0 Å². The standard InChI is InChI=1S/C34H26/c1-2-3-20-34-27-18-10-8-16-25(27)30-22-13-5-4-12-21(22)29-23-14-6-7-15-24(23)31(33(34)32(29)30)26-17-9-11-19-28(26)34/h4-19,30H,2-3,20H2,1H3/t30-,34-/m1/s1. The molecule has 3 aliphatic carbocycles. The molecule has 8 rings (SSSR count). The summed E-state index contributed by atoms with van der Waals surface area (Å²) in [5.41, 5.74) is 15.0. The quantitative estimate of drug-likeness (QED) is 0.261. The van der Waals surface area contributed by atoms with Crippen LogP contribution in [0.3, 0.4) is 0 Å². The Morgan fingerprint density at radius 1 is 0.618 bits per heavy atom. The van der Waals surface area contributed by atoms with Gasteiger partial charge < -0.3 is 0 Å².